The van der Waals surface area contributed by atoms with Gasteiger partial charge in [0.05, 0.1) is 0 Å². The molecule has 3 N–H and O–H groups in total. The van der Waals surface area contributed by atoms with E-state index in [1.165, 1.54) is 6.07 Å². The van der Waals surface area contributed by atoms with E-state index in [2.05, 4.69) is 15.0 Å². The van der Waals surface area contributed by atoms with Gasteiger partial charge in [-0.05, 0) is 23.7 Å². The lowest BCUT2D eigenvalue weighted by molar-refractivity contribution is 0.578. The second-order valence-electron chi connectivity index (χ2n) is 2.46. The van der Waals surface area contributed by atoms with E-state index in [0.717, 1.165) is 0 Å². The summed E-state index contributed by atoms with van der Waals surface area (Å²) in [5.74, 6) is 0.423. The molecule has 0 amide bonds. The summed E-state index contributed by atoms with van der Waals surface area (Å²) in [6.07, 6.45) is 0. The van der Waals surface area contributed by atoms with Crippen molar-refractivity contribution in [1.82, 2.24) is 15.0 Å². The molecule has 2 rings (SSSR count). The summed E-state index contributed by atoms with van der Waals surface area (Å²) in [6.45, 7) is 0. The Bertz CT molecular complexity index is 518. The number of aromatic amines is 1. The first kappa shape index (κ1) is 8.76. The molecule has 72 valence electrons. The molecule has 2 heterocycles. The number of nitrogen functional groups attached to an aromatic ring is 1. The van der Waals surface area contributed by atoms with E-state index >= 15 is 0 Å². The Balaban J connectivity index is 2.56. The SMILES string of the molecule is Nc1nc(-c2ccc(Cl)o2)[nH]c(=O)n1. The Morgan fingerprint density at radius 2 is 2.21 bits per heavy atom. The highest BCUT2D eigenvalue weighted by Crippen LogP contribution is 2.20. The van der Waals surface area contributed by atoms with Crippen LogP contribution in [0.4, 0.5) is 5.95 Å². The summed E-state index contributed by atoms with van der Waals surface area (Å²) in [5.41, 5.74) is 4.70. The third kappa shape index (κ3) is 1.60. The molecule has 0 aliphatic heterocycles. The highest BCUT2D eigenvalue weighted by molar-refractivity contribution is 6.28. The first-order chi connectivity index (χ1) is 6.65. The second-order valence-corrected chi connectivity index (χ2v) is 2.84. The van der Waals surface area contributed by atoms with Gasteiger partial charge in [-0.3, -0.25) is 4.98 Å². The number of nitrogens with two attached hydrogens (primary N) is 1. The smallest absolute Gasteiger partial charge is 0.349 e. The largest absolute Gasteiger partial charge is 0.441 e. The Kier molecular flexibility index (Phi) is 1.97. The normalized spacial score (nSPS) is 10.4. The van der Waals surface area contributed by atoms with Crippen molar-refractivity contribution in [1.29, 1.82) is 0 Å². The van der Waals surface area contributed by atoms with Crippen molar-refractivity contribution in [2.45, 2.75) is 0 Å². The lowest BCUT2D eigenvalue weighted by atomic mass is 10.4. The Labute approximate surface area is 82.7 Å². The van der Waals surface area contributed by atoms with Gasteiger partial charge in [-0.2, -0.15) is 9.97 Å². The van der Waals surface area contributed by atoms with E-state index in [1.54, 1.807) is 6.07 Å². The maximum absolute atomic E-state index is 10.9. The number of anilines is 1. The number of nitrogens with one attached hydrogen (secondary N) is 1. The van der Waals surface area contributed by atoms with Crippen LogP contribution in [-0.2, 0) is 0 Å². The number of hydrogen-bond acceptors (Lipinski definition) is 5. The molecule has 14 heavy (non-hydrogen) atoms. The van der Waals surface area contributed by atoms with Gasteiger partial charge < -0.3 is 10.2 Å². The molecular formula is C7H5ClN4O2. The Hall–Kier alpha value is -1.82. The molecule has 7 heteroatoms. The molecule has 6 nitrogen and oxygen atoms in total. The quantitative estimate of drug-likeness (QED) is 0.724. The number of aromatic nitrogens is 3. The van der Waals surface area contributed by atoms with Crippen LogP contribution in [-0.4, -0.2) is 15.0 Å². The molecule has 0 fully saturated rings. The van der Waals surface area contributed by atoms with Gasteiger partial charge in [-0.1, -0.05) is 0 Å². The number of halogens is 1. The molecule has 2 aromatic heterocycles. The van der Waals surface area contributed by atoms with E-state index in [0.29, 0.717) is 5.76 Å². The van der Waals surface area contributed by atoms with Gasteiger partial charge in [0.1, 0.15) is 0 Å². The fraction of sp³-hybridized carbons (Fsp3) is 0. The summed E-state index contributed by atoms with van der Waals surface area (Å²) in [6, 6.07) is 3.10. The van der Waals surface area contributed by atoms with Crippen LogP contribution < -0.4 is 11.4 Å². The van der Waals surface area contributed by atoms with Crippen LogP contribution in [0, 0.1) is 0 Å². The first-order valence-corrected chi connectivity index (χ1v) is 4.02. The summed E-state index contributed by atoms with van der Waals surface area (Å²) < 4.78 is 5.03. The van der Waals surface area contributed by atoms with Crippen molar-refractivity contribution >= 4 is 17.5 Å². The van der Waals surface area contributed by atoms with Crippen molar-refractivity contribution in [3.63, 3.8) is 0 Å². The molecule has 0 radical (unpaired) electrons. The predicted molar refractivity (Wildman–Crippen MR) is 49.8 cm³/mol. The van der Waals surface area contributed by atoms with E-state index in [1.807, 2.05) is 0 Å². The Morgan fingerprint density at radius 1 is 1.43 bits per heavy atom. The molecule has 0 bridgehead atoms. The molecule has 0 aliphatic carbocycles. The van der Waals surface area contributed by atoms with Crippen molar-refractivity contribution in [3.05, 3.63) is 27.8 Å². The summed E-state index contributed by atoms with van der Waals surface area (Å²) in [7, 11) is 0. The summed E-state index contributed by atoms with van der Waals surface area (Å²) >= 11 is 5.56. The van der Waals surface area contributed by atoms with Crippen molar-refractivity contribution in [2.75, 3.05) is 5.73 Å². The van der Waals surface area contributed by atoms with Gasteiger partial charge in [0.2, 0.25) is 5.95 Å². The second kappa shape index (κ2) is 3.15. The molecule has 0 saturated carbocycles. The third-order valence-corrected chi connectivity index (χ3v) is 1.68. The number of H-pyrrole nitrogens is 1. The van der Waals surface area contributed by atoms with E-state index in [4.69, 9.17) is 21.8 Å². The van der Waals surface area contributed by atoms with Crippen LogP contribution in [0.15, 0.2) is 21.3 Å². The van der Waals surface area contributed by atoms with Crippen molar-refractivity contribution in [3.8, 4) is 11.6 Å². The third-order valence-electron chi connectivity index (χ3n) is 1.47. The number of nitrogens with zero attached hydrogens (tertiary/aromatic N) is 2. The van der Waals surface area contributed by atoms with Gasteiger partial charge >= 0.3 is 5.69 Å². The highest BCUT2D eigenvalue weighted by Gasteiger charge is 2.07. The molecule has 0 unspecified atom stereocenters. The summed E-state index contributed by atoms with van der Waals surface area (Å²) in [5, 5.41) is 0.207. The molecule has 0 aliphatic rings. The van der Waals surface area contributed by atoms with Gasteiger partial charge in [0.25, 0.3) is 0 Å². The minimum Gasteiger partial charge on any atom is -0.441 e. The van der Waals surface area contributed by atoms with Crippen molar-refractivity contribution in [2.24, 2.45) is 0 Å². The van der Waals surface area contributed by atoms with E-state index in [-0.39, 0.29) is 17.0 Å². The highest BCUT2D eigenvalue weighted by atomic mass is 35.5. The van der Waals surface area contributed by atoms with Crippen LogP contribution in [0.3, 0.4) is 0 Å². The maximum Gasteiger partial charge on any atom is 0.349 e. The molecule has 0 spiro atoms. The maximum atomic E-state index is 10.9. The first-order valence-electron chi connectivity index (χ1n) is 3.65. The molecule has 0 atom stereocenters. The molecule has 0 aromatic carbocycles. The molecular weight excluding hydrogens is 208 g/mol. The zero-order valence-corrected chi connectivity index (χ0v) is 7.58. The van der Waals surface area contributed by atoms with Crippen LogP contribution in [0.5, 0.6) is 0 Å². The molecule has 2 aromatic rings. The number of furan rings is 1. The number of rotatable bonds is 1. The van der Waals surface area contributed by atoms with E-state index in [9.17, 15) is 4.79 Å². The van der Waals surface area contributed by atoms with Crippen molar-refractivity contribution < 1.29 is 4.42 Å². The average Bonchev–Trinajstić information content (AvgIpc) is 2.50. The van der Waals surface area contributed by atoms with Gasteiger partial charge in [0, 0.05) is 0 Å². The lowest BCUT2D eigenvalue weighted by Gasteiger charge is -1.95. The fourth-order valence-electron chi connectivity index (χ4n) is 0.959. The molecule has 0 saturated heterocycles. The zero-order valence-electron chi connectivity index (χ0n) is 6.82. The van der Waals surface area contributed by atoms with Gasteiger partial charge in [0.15, 0.2) is 16.8 Å². The lowest BCUT2D eigenvalue weighted by Crippen LogP contribution is -2.15. The van der Waals surface area contributed by atoms with Crippen LogP contribution >= 0.6 is 11.6 Å². The van der Waals surface area contributed by atoms with Crippen LogP contribution in [0.2, 0.25) is 5.22 Å². The summed E-state index contributed by atoms with van der Waals surface area (Å²) in [4.78, 5) is 20.4. The minimum atomic E-state index is -0.583. The fourth-order valence-corrected chi connectivity index (χ4v) is 1.11. The topological polar surface area (TPSA) is 97.8 Å². The average molecular weight is 213 g/mol. The minimum absolute atomic E-state index is 0.115. The van der Waals surface area contributed by atoms with Crippen LogP contribution in [0.25, 0.3) is 11.6 Å². The Morgan fingerprint density at radius 3 is 2.79 bits per heavy atom. The van der Waals surface area contributed by atoms with Gasteiger partial charge in [-0.15, -0.1) is 0 Å². The monoisotopic (exact) mass is 212 g/mol. The standard InChI is InChI=1S/C7H5ClN4O2/c8-4-2-1-3(14-4)5-10-6(9)12-7(13)11-5/h1-2H,(H3,9,10,11,12,13). The van der Waals surface area contributed by atoms with E-state index < -0.39 is 5.69 Å². The zero-order chi connectivity index (χ0) is 10.1. The van der Waals surface area contributed by atoms with Gasteiger partial charge in [-0.25, -0.2) is 4.79 Å². The predicted octanol–water partition coefficient (Wildman–Crippen LogP) is 0.660. The van der Waals surface area contributed by atoms with Crippen LogP contribution in [0.1, 0.15) is 0 Å². The number of hydrogen-bond donors (Lipinski definition) is 2.